The summed E-state index contributed by atoms with van der Waals surface area (Å²) in [5, 5.41) is 2.61. The number of nitrogens with one attached hydrogen (secondary N) is 1. The van der Waals surface area contributed by atoms with E-state index in [1.165, 1.54) is 42.7 Å². The second-order valence-corrected chi connectivity index (χ2v) is 16.7. The van der Waals surface area contributed by atoms with E-state index in [-0.39, 0.29) is 54.2 Å². The highest BCUT2D eigenvalue weighted by atomic mass is 16.6. The number of ether oxygens (including phenoxy) is 5. The second-order valence-electron chi connectivity index (χ2n) is 16.7. The van der Waals surface area contributed by atoms with E-state index in [4.69, 9.17) is 23.7 Å². The molecule has 0 fully saturated rings. The minimum absolute atomic E-state index is 0.0322. The van der Waals surface area contributed by atoms with E-state index in [9.17, 15) is 28.8 Å². The van der Waals surface area contributed by atoms with Crippen LogP contribution in [0.2, 0.25) is 0 Å². The Bertz CT molecular complexity index is 2200. The number of pyridine rings is 1. The topological polar surface area (TPSA) is 173 Å². The van der Waals surface area contributed by atoms with E-state index in [1.54, 1.807) is 65.0 Å². The van der Waals surface area contributed by atoms with Crippen molar-refractivity contribution in [2.45, 2.75) is 111 Å². The van der Waals surface area contributed by atoms with Gasteiger partial charge in [-0.05, 0) is 102 Å². The number of aromatic nitrogens is 1. The van der Waals surface area contributed by atoms with Gasteiger partial charge in [0.05, 0.1) is 12.0 Å². The van der Waals surface area contributed by atoms with Crippen molar-refractivity contribution in [1.29, 1.82) is 0 Å². The van der Waals surface area contributed by atoms with Crippen molar-refractivity contribution in [3.05, 3.63) is 151 Å². The second kappa shape index (κ2) is 28.8. The maximum atomic E-state index is 13.6. The number of allylic oxidation sites excluding steroid dienone is 10. The number of amides is 1. The van der Waals surface area contributed by atoms with Crippen molar-refractivity contribution >= 4 is 35.8 Å². The standard InChI is InChI=1S/C53H64N2O11/c1-7-8-9-10-11-12-13-14-15-16-17-18-19-20-21-22-23-34-45(56)62-39-53(5,6)47(65-49(59)40-29-28-36-54-38-40)48(58)55-37-35-46(57)63-43-32-26-24-30-41(43)50(60)64-44-33-27-25-31-42(44)51(61)66-52(2,3)4/h8-9,11-12,14-15,17-18,20-21,24-33,36,38,47H,7,10,13,16,19,22-23,34-35,37,39H2,1-6H3,(H,55,58)/b9-8-,12-11-,15-14-,18-17-,21-20-/t47-/m0/s1. The predicted molar refractivity (Wildman–Crippen MR) is 253 cm³/mol. The molecule has 0 saturated carbocycles. The van der Waals surface area contributed by atoms with Crippen molar-refractivity contribution in [2.75, 3.05) is 13.2 Å². The van der Waals surface area contributed by atoms with Crippen molar-refractivity contribution in [3.63, 3.8) is 0 Å². The maximum Gasteiger partial charge on any atom is 0.347 e. The Balaban J connectivity index is 1.52. The molecule has 66 heavy (non-hydrogen) atoms. The molecular formula is C53H64N2O11. The normalized spacial score (nSPS) is 12.5. The molecule has 0 unspecified atom stereocenters. The largest absolute Gasteiger partial charge is 0.465 e. The van der Waals surface area contributed by atoms with Crippen LogP contribution in [0, 0.1) is 5.41 Å². The van der Waals surface area contributed by atoms with E-state index in [0.29, 0.717) is 12.8 Å². The van der Waals surface area contributed by atoms with Crippen LogP contribution in [0.1, 0.15) is 130 Å². The molecule has 13 nitrogen and oxygen atoms in total. The maximum absolute atomic E-state index is 13.6. The smallest absolute Gasteiger partial charge is 0.347 e. The Hall–Kier alpha value is -6.89. The van der Waals surface area contributed by atoms with Gasteiger partial charge >= 0.3 is 29.8 Å². The zero-order valence-corrected chi connectivity index (χ0v) is 39.0. The van der Waals surface area contributed by atoms with Gasteiger partial charge in [-0.3, -0.25) is 19.4 Å². The number of hydrogen-bond acceptors (Lipinski definition) is 12. The third-order valence-electron chi connectivity index (χ3n) is 9.25. The van der Waals surface area contributed by atoms with Crippen LogP contribution in [0.25, 0.3) is 0 Å². The van der Waals surface area contributed by atoms with E-state index in [0.717, 1.165) is 32.1 Å². The van der Waals surface area contributed by atoms with Gasteiger partial charge in [-0.15, -0.1) is 0 Å². The molecule has 1 aromatic heterocycles. The monoisotopic (exact) mass is 904 g/mol. The minimum atomic E-state index is -1.45. The molecule has 0 aliphatic rings. The lowest BCUT2D eigenvalue weighted by Crippen LogP contribution is -2.49. The van der Waals surface area contributed by atoms with Crippen LogP contribution in [0.4, 0.5) is 0 Å². The molecule has 352 valence electrons. The quantitative estimate of drug-likeness (QED) is 0.0266. The highest BCUT2D eigenvalue weighted by Gasteiger charge is 2.40. The summed E-state index contributed by atoms with van der Waals surface area (Å²) >= 11 is 0. The highest BCUT2D eigenvalue weighted by molar-refractivity contribution is 5.98. The number of rotatable bonds is 26. The first-order valence-corrected chi connectivity index (χ1v) is 22.2. The van der Waals surface area contributed by atoms with Gasteiger partial charge in [-0.25, -0.2) is 14.4 Å². The number of para-hydroxylation sites is 2. The molecule has 0 radical (unpaired) electrons. The Morgan fingerprint density at radius 1 is 0.636 bits per heavy atom. The summed E-state index contributed by atoms with van der Waals surface area (Å²) < 4.78 is 27.7. The first-order valence-electron chi connectivity index (χ1n) is 22.2. The zero-order valence-electron chi connectivity index (χ0n) is 39.0. The molecule has 1 heterocycles. The fourth-order valence-corrected chi connectivity index (χ4v) is 5.86. The first-order chi connectivity index (χ1) is 31.6. The molecule has 1 atom stereocenters. The Kier molecular flexibility index (Phi) is 23.3. The molecule has 1 N–H and O–H groups in total. The van der Waals surface area contributed by atoms with E-state index in [1.807, 2.05) is 12.2 Å². The van der Waals surface area contributed by atoms with Crippen molar-refractivity contribution in [1.82, 2.24) is 10.3 Å². The summed E-state index contributed by atoms with van der Waals surface area (Å²) in [6, 6.07) is 15.0. The van der Waals surface area contributed by atoms with Crippen LogP contribution in [-0.2, 0) is 28.6 Å². The SMILES string of the molecule is CC/C=C\C/C=C\C/C=C\C/C=C\C/C=C\CCCC(=O)OCC(C)(C)[C@@H](OC(=O)c1cccnc1)C(=O)NCCC(=O)Oc1ccccc1C(=O)Oc1ccccc1C(=O)OC(C)(C)C. The predicted octanol–water partition coefficient (Wildman–Crippen LogP) is 10.4. The van der Waals surface area contributed by atoms with Gasteiger partial charge in [0, 0.05) is 30.8 Å². The van der Waals surface area contributed by atoms with Crippen LogP contribution in [0.5, 0.6) is 11.5 Å². The van der Waals surface area contributed by atoms with Gasteiger partial charge in [-0.2, -0.15) is 0 Å². The molecule has 0 saturated heterocycles. The third-order valence-corrected chi connectivity index (χ3v) is 9.25. The van der Waals surface area contributed by atoms with Crippen LogP contribution in [0.3, 0.4) is 0 Å². The van der Waals surface area contributed by atoms with Gasteiger partial charge < -0.3 is 29.0 Å². The molecule has 0 aliphatic heterocycles. The van der Waals surface area contributed by atoms with Gasteiger partial charge in [0.25, 0.3) is 5.91 Å². The van der Waals surface area contributed by atoms with Crippen molar-refractivity contribution in [3.8, 4) is 11.5 Å². The first kappa shape index (κ1) is 53.4. The van der Waals surface area contributed by atoms with Crippen molar-refractivity contribution < 1.29 is 52.5 Å². The third kappa shape index (κ3) is 20.7. The summed E-state index contributed by atoms with van der Waals surface area (Å²) in [4.78, 5) is 82.6. The fraction of sp³-hybridized carbons (Fsp3) is 0.377. The van der Waals surface area contributed by atoms with Crippen molar-refractivity contribution in [2.24, 2.45) is 5.41 Å². The molecular weight excluding hydrogens is 841 g/mol. The van der Waals surface area contributed by atoms with Gasteiger partial charge in [0.15, 0.2) is 6.10 Å². The Morgan fingerprint density at radius 2 is 1.20 bits per heavy atom. The van der Waals surface area contributed by atoms with Gasteiger partial charge in [0.2, 0.25) is 0 Å². The molecule has 1 amide bonds. The lowest BCUT2D eigenvalue weighted by molar-refractivity contribution is -0.153. The summed E-state index contributed by atoms with van der Waals surface area (Å²) in [5.74, 6) is -4.57. The number of benzene rings is 2. The molecule has 3 aromatic rings. The Morgan fingerprint density at radius 3 is 1.77 bits per heavy atom. The molecule has 2 aromatic carbocycles. The van der Waals surface area contributed by atoms with E-state index in [2.05, 4.69) is 65.8 Å². The van der Waals surface area contributed by atoms with Gasteiger partial charge in [-0.1, -0.05) is 106 Å². The molecule has 0 aliphatic carbocycles. The zero-order chi connectivity index (χ0) is 48.2. The van der Waals surface area contributed by atoms with E-state index < -0.39 is 52.9 Å². The lowest BCUT2D eigenvalue weighted by Gasteiger charge is -2.32. The highest BCUT2D eigenvalue weighted by Crippen LogP contribution is 2.27. The summed E-state index contributed by atoms with van der Waals surface area (Å²) in [5.41, 5.74) is -1.95. The Labute approximate surface area is 389 Å². The van der Waals surface area contributed by atoms with Crippen LogP contribution < -0.4 is 14.8 Å². The summed E-state index contributed by atoms with van der Waals surface area (Å²) in [7, 11) is 0. The molecule has 3 rings (SSSR count). The molecule has 0 bridgehead atoms. The fourth-order valence-electron chi connectivity index (χ4n) is 5.86. The number of nitrogens with zero attached hydrogens (tertiary/aromatic N) is 1. The van der Waals surface area contributed by atoms with E-state index >= 15 is 0 Å². The minimum Gasteiger partial charge on any atom is -0.465 e. The van der Waals surface area contributed by atoms with Crippen LogP contribution in [-0.4, -0.2) is 65.6 Å². The summed E-state index contributed by atoms with van der Waals surface area (Å²) in [6.45, 7) is 10.0. The lowest BCUT2D eigenvalue weighted by atomic mass is 9.86. The average Bonchev–Trinajstić information content (AvgIpc) is 3.28. The number of hydrogen-bond donors (Lipinski definition) is 1. The average molecular weight is 905 g/mol. The van der Waals surface area contributed by atoms with Crippen LogP contribution in [0.15, 0.2) is 134 Å². The number of carbonyl (C=O) groups is 6. The van der Waals surface area contributed by atoms with Gasteiger partial charge in [0.1, 0.15) is 34.8 Å². The summed E-state index contributed by atoms with van der Waals surface area (Å²) in [6.07, 6.45) is 28.2. The molecule has 0 spiro atoms. The number of carbonyl (C=O) groups excluding carboxylic acids is 6. The van der Waals surface area contributed by atoms with Crippen LogP contribution >= 0.6 is 0 Å². The number of esters is 5. The molecule has 13 heteroatoms. The number of unbranched alkanes of at least 4 members (excludes halogenated alkanes) is 1.